The van der Waals surface area contributed by atoms with Crippen LogP contribution in [0.2, 0.25) is 0 Å². The van der Waals surface area contributed by atoms with E-state index in [1.54, 1.807) is 19.2 Å². The first kappa shape index (κ1) is 15.8. The van der Waals surface area contributed by atoms with E-state index in [-0.39, 0.29) is 5.82 Å². The minimum atomic E-state index is -0.187. The van der Waals surface area contributed by atoms with E-state index in [2.05, 4.69) is 27.4 Å². The van der Waals surface area contributed by atoms with E-state index in [1.165, 1.54) is 25.5 Å². The fourth-order valence-electron chi connectivity index (χ4n) is 2.80. The van der Waals surface area contributed by atoms with E-state index < -0.39 is 0 Å². The van der Waals surface area contributed by atoms with E-state index in [9.17, 15) is 4.39 Å². The Morgan fingerprint density at radius 1 is 1.38 bits per heavy atom. The van der Waals surface area contributed by atoms with Crippen LogP contribution in [0.3, 0.4) is 0 Å². The zero-order valence-corrected chi connectivity index (χ0v) is 12.9. The Labute approximate surface area is 126 Å². The summed E-state index contributed by atoms with van der Waals surface area (Å²) in [7, 11) is 1.74. The quantitative estimate of drug-likeness (QED) is 0.644. The Hall–Kier alpha value is -1.62. The second kappa shape index (κ2) is 7.98. The molecule has 0 aliphatic carbocycles. The zero-order chi connectivity index (χ0) is 15.1. The molecule has 1 atom stereocenters. The van der Waals surface area contributed by atoms with Crippen molar-refractivity contribution in [3.63, 3.8) is 0 Å². The SMILES string of the molecule is CCN1CCCC1CNC(=NC)NCc1ccccc1F. The molecule has 2 N–H and O–H groups in total. The van der Waals surface area contributed by atoms with Crippen LogP contribution in [0.1, 0.15) is 25.3 Å². The maximum atomic E-state index is 13.6. The number of rotatable bonds is 5. The average Bonchev–Trinajstić information content (AvgIpc) is 2.96. The highest BCUT2D eigenvalue weighted by Gasteiger charge is 2.22. The minimum Gasteiger partial charge on any atom is -0.355 e. The third kappa shape index (κ3) is 4.43. The maximum absolute atomic E-state index is 13.6. The molecule has 21 heavy (non-hydrogen) atoms. The first-order chi connectivity index (χ1) is 10.2. The van der Waals surface area contributed by atoms with E-state index in [4.69, 9.17) is 0 Å². The number of hydrogen-bond acceptors (Lipinski definition) is 2. The smallest absolute Gasteiger partial charge is 0.191 e. The lowest BCUT2D eigenvalue weighted by molar-refractivity contribution is 0.267. The van der Waals surface area contributed by atoms with Gasteiger partial charge in [0, 0.05) is 31.7 Å². The predicted octanol–water partition coefficient (Wildman–Crippen LogP) is 1.97. The molecule has 1 fully saturated rings. The number of hydrogen-bond donors (Lipinski definition) is 2. The highest BCUT2D eigenvalue weighted by molar-refractivity contribution is 5.79. The van der Waals surface area contributed by atoms with Crippen LogP contribution in [0.5, 0.6) is 0 Å². The molecule has 1 saturated heterocycles. The van der Waals surface area contributed by atoms with Gasteiger partial charge in [-0.05, 0) is 32.0 Å². The van der Waals surface area contributed by atoms with Crippen LogP contribution in [0.25, 0.3) is 0 Å². The van der Waals surface area contributed by atoms with Gasteiger partial charge in [-0.3, -0.25) is 9.89 Å². The van der Waals surface area contributed by atoms with Crippen molar-refractivity contribution in [2.24, 2.45) is 4.99 Å². The monoisotopic (exact) mass is 292 g/mol. The molecule has 0 spiro atoms. The number of nitrogens with zero attached hydrogens (tertiary/aromatic N) is 2. The standard InChI is InChI=1S/C16H25FN4/c1-3-21-10-6-8-14(21)12-20-16(18-2)19-11-13-7-4-5-9-15(13)17/h4-5,7,9,14H,3,6,8,10-12H2,1-2H3,(H2,18,19,20). The lowest BCUT2D eigenvalue weighted by Gasteiger charge is -2.24. The van der Waals surface area contributed by atoms with E-state index in [0.29, 0.717) is 18.2 Å². The second-order valence-electron chi connectivity index (χ2n) is 5.32. The Morgan fingerprint density at radius 3 is 2.90 bits per heavy atom. The van der Waals surface area contributed by atoms with Gasteiger partial charge >= 0.3 is 0 Å². The van der Waals surface area contributed by atoms with Gasteiger partial charge < -0.3 is 10.6 Å². The number of likely N-dealkylation sites (N-methyl/N-ethyl adjacent to an activating group) is 1. The largest absolute Gasteiger partial charge is 0.355 e. The molecule has 4 nitrogen and oxygen atoms in total. The molecule has 5 heteroatoms. The van der Waals surface area contributed by atoms with Gasteiger partial charge in [0.15, 0.2) is 5.96 Å². The molecule has 1 aliphatic heterocycles. The van der Waals surface area contributed by atoms with Crippen LogP contribution in [0, 0.1) is 5.82 Å². The molecule has 1 aliphatic rings. The molecule has 1 aromatic rings. The van der Waals surface area contributed by atoms with Gasteiger partial charge in [-0.25, -0.2) is 4.39 Å². The number of benzene rings is 1. The van der Waals surface area contributed by atoms with Crippen molar-refractivity contribution in [1.29, 1.82) is 0 Å². The molecule has 2 rings (SSSR count). The van der Waals surface area contributed by atoms with Gasteiger partial charge in [0.1, 0.15) is 5.82 Å². The summed E-state index contributed by atoms with van der Waals surface area (Å²) in [6.07, 6.45) is 2.49. The first-order valence-electron chi connectivity index (χ1n) is 7.66. The molecule has 116 valence electrons. The lowest BCUT2D eigenvalue weighted by atomic mass is 10.2. The van der Waals surface area contributed by atoms with Crippen LogP contribution in [0.4, 0.5) is 4.39 Å². The molecule has 0 radical (unpaired) electrons. The Morgan fingerprint density at radius 2 is 2.19 bits per heavy atom. The van der Waals surface area contributed by atoms with Crippen LogP contribution < -0.4 is 10.6 Å². The first-order valence-corrected chi connectivity index (χ1v) is 7.66. The normalized spacial score (nSPS) is 19.8. The Balaban J connectivity index is 1.80. The summed E-state index contributed by atoms with van der Waals surface area (Å²) >= 11 is 0. The third-order valence-corrected chi connectivity index (χ3v) is 4.04. The third-order valence-electron chi connectivity index (χ3n) is 4.04. The second-order valence-corrected chi connectivity index (χ2v) is 5.32. The van der Waals surface area contributed by atoms with Gasteiger partial charge in [0.2, 0.25) is 0 Å². The van der Waals surface area contributed by atoms with Crippen molar-refractivity contribution in [3.8, 4) is 0 Å². The highest BCUT2D eigenvalue weighted by Crippen LogP contribution is 2.15. The van der Waals surface area contributed by atoms with Crippen molar-refractivity contribution >= 4 is 5.96 Å². The van der Waals surface area contributed by atoms with E-state index in [0.717, 1.165) is 19.0 Å². The maximum Gasteiger partial charge on any atom is 0.191 e. The molecule has 1 aromatic carbocycles. The lowest BCUT2D eigenvalue weighted by Crippen LogP contribution is -2.44. The summed E-state index contributed by atoms with van der Waals surface area (Å²) in [5, 5.41) is 6.50. The molecular weight excluding hydrogens is 267 g/mol. The van der Waals surface area contributed by atoms with E-state index >= 15 is 0 Å². The summed E-state index contributed by atoms with van der Waals surface area (Å²) in [6.45, 7) is 5.79. The van der Waals surface area contributed by atoms with Gasteiger partial charge in [0.05, 0.1) is 0 Å². The number of nitrogens with one attached hydrogen (secondary N) is 2. The Kier molecular flexibility index (Phi) is 5.99. The van der Waals surface area contributed by atoms with E-state index in [1.807, 2.05) is 6.07 Å². The predicted molar refractivity (Wildman–Crippen MR) is 84.9 cm³/mol. The van der Waals surface area contributed by atoms with Crippen molar-refractivity contribution in [2.45, 2.75) is 32.4 Å². The van der Waals surface area contributed by atoms with Crippen molar-refractivity contribution in [3.05, 3.63) is 35.6 Å². The topological polar surface area (TPSA) is 39.7 Å². The summed E-state index contributed by atoms with van der Waals surface area (Å²) < 4.78 is 13.6. The molecule has 0 aromatic heterocycles. The molecule has 1 unspecified atom stereocenters. The van der Waals surface area contributed by atoms with Gasteiger partial charge in [0.25, 0.3) is 0 Å². The summed E-state index contributed by atoms with van der Waals surface area (Å²) in [5.74, 6) is 0.537. The molecule has 0 bridgehead atoms. The van der Waals surface area contributed by atoms with Crippen molar-refractivity contribution < 1.29 is 4.39 Å². The zero-order valence-electron chi connectivity index (χ0n) is 12.9. The van der Waals surface area contributed by atoms with Gasteiger partial charge in [-0.2, -0.15) is 0 Å². The fraction of sp³-hybridized carbons (Fsp3) is 0.562. The van der Waals surface area contributed by atoms with Crippen LogP contribution in [0.15, 0.2) is 29.3 Å². The Bertz CT molecular complexity index is 475. The van der Waals surface area contributed by atoms with Gasteiger partial charge in [-0.1, -0.05) is 25.1 Å². The van der Waals surface area contributed by atoms with Crippen LogP contribution in [-0.2, 0) is 6.54 Å². The van der Waals surface area contributed by atoms with Crippen LogP contribution >= 0.6 is 0 Å². The number of likely N-dealkylation sites (tertiary alicyclic amines) is 1. The summed E-state index contributed by atoms with van der Waals surface area (Å²) in [4.78, 5) is 6.68. The molecule has 0 amide bonds. The number of halogens is 1. The van der Waals surface area contributed by atoms with Gasteiger partial charge in [-0.15, -0.1) is 0 Å². The molecular formula is C16H25FN4. The summed E-state index contributed by atoms with van der Waals surface area (Å²) in [5.41, 5.74) is 0.650. The van der Waals surface area contributed by atoms with Crippen molar-refractivity contribution in [2.75, 3.05) is 26.7 Å². The summed E-state index contributed by atoms with van der Waals surface area (Å²) in [6, 6.07) is 7.37. The fourth-order valence-corrected chi connectivity index (χ4v) is 2.80. The number of guanidine groups is 1. The number of aliphatic imine (C=N–C) groups is 1. The molecule has 1 heterocycles. The van der Waals surface area contributed by atoms with Crippen molar-refractivity contribution in [1.82, 2.24) is 15.5 Å². The van der Waals surface area contributed by atoms with Crippen LogP contribution in [-0.4, -0.2) is 43.6 Å². The highest BCUT2D eigenvalue weighted by atomic mass is 19.1. The minimum absolute atomic E-state index is 0.187. The molecule has 0 saturated carbocycles. The average molecular weight is 292 g/mol.